The number of benzene rings is 1. The van der Waals surface area contributed by atoms with Crippen LogP contribution in [-0.2, 0) is 11.8 Å². The van der Waals surface area contributed by atoms with Crippen molar-refractivity contribution < 1.29 is 9.18 Å². The number of aryl methyl sites for hydroxylation is 1. The molecule has 3 heterocycles. The van der Waals surface area contributed by atoms with E-state index >= 15 is 0 Å². The molecular formula is C18H21FN8O. The van der Waals surface area contributed by atoms with Crippen molar-refractivity contribution >= 4 is 34.3 Å². The second kappa shape index (κ2) is 7.29. The van der Waals surface area contributed by atoms with Gasteiger partial charge in [0.2, 0.25) is 11.9 Å². The number of carbonyl (C=O) groups excluding carboxylic acids is 1. The van der Waals surface area contributed by atoms with E-state index in [4.69, 9.17) is 5.73 Å². The van der Waals surface area contributed by atoms with Crippen LogP contribution in [0.4, 0.5) is 21.8 Å². The first kappa shape index (κ1) is 18.0. The zero-order chi connectivity index (χ0) is 19.7. The van der Waals surface area contributed by atoms with Crippen LogP contribution in [0.5, 0.6) is 0 Å². The fraction of sp³-hybridized carbons (Fsp3) is 0.333. The van der Waals surface area contributed by atoms with Gasteiger partial charge in [0.1, 0.15) is 5.82 Å². The van der Waals surface area contributed by atoms with Gasteiger partial charge in [-0.15, -0.1) is 0 Å². The van der Waals surface area contributed by atoms with Crippen molar-refractivity contribution in [2.24, 2.45) is 13.0 Å². The fourth-order valence-electron chi connectivity index (χ4n) is 3.43. The molecule has 0 radical (unpaired) electrons. The van der Waals surface area contributed by atoms with Crippen molar-refractivity contribution in [3.8, 4) is 0 Å². The molecule has 0 spiro atoms. The van der Waals surface area contributed by atoms with Crippen molar-refractivity contribution in [3.05, 3.63) is 36.4 Å². The number of halogens is 1. The maximum absolute atomic E-state index is 13.6. The van der Waals surface area contributed by atoms with E-state index in [1.54, 1.807) is 10.9 Å². The minimum atomic E-state index is -0.422. The number of nitrogens with one attached hydrogen (secondary N) is 2. The van der Waals surface area contributed by atoms with Gasteiger partial charge in [-0.25, -0.2) is 9.37 Å². The maximum atomic E-state index is 13.6. The number of hydrazine groups is 1. The zero-order valence-electron chi connectivity index (χ0n) is 15.4. The molecule has 0 aliphatic carbocycles. The summed E-state index contributed by atoms with van der Waals surface area (Å²) in [4.78, 5) is 23.0. The number of nitrogens with zero attached hydrogens (tertiary/aromatic N) is 5. The van der Waals surface area contributed by atoms with E-state index in [1.165, 1.54) is 18.2 Å². The Balaban J connectivity index is 1.46. The van der Waals surface area contributed by atoms with E-state index < -0.39 is 5.82 Å². The number of nitrogen functional groups attached to an aromatic ring is 1. The first-order valence-electron chi connectivity index (χ1n) is 9.02. The largest absolute Gasteiger partial charge is 0.368 e. The Morgan fingerprint density at radius 3 is 3.00 bits per heavy atom. The van der Waals surface area contributed by atoms with E-state index in [-0.39, 0.29) is 23.6 Å². The molecule has 1 aliphatic rings. The predicted molar refractivity (Wildman–Crippen MR) is 104 cm³/mol. The smallest absolute Gasteiger partial charge is 0.243 e. The molecule has 4 N–H and O–H groups in total. The lowest BCUT2D eigenvalue weighted by Gasteiger charge is -2.32. The molecular weight excluding hydrogens is 363 g/mol. The van der Waals surface area contributed by atoms with E-state index in [9.17, 15) is 9.18 Å². The fourth-order valence-corrected chi connectivity index (χ4v) is 3.43. The normalized spacial score (nSPS) is 16.9. The zero-order valence-corrected chi connectivity index (χ0v) is 15.4. The molecule has 3 aromatic rings. The summed E-state index contributed by atoms with van der Waals surface area (Å²) >= 11 is 0. The van der Waals surface area contributed by atoms with E-state index in [0.717, 1.165) is 25.1 Å². The van der Waals surface area contributed by atoms with Crippen molar-refractivity contribution in [3.63, 3.8) is 0 Å². The molecule has 28 heavy (non-hydrogen) atoms. The van der Waals surface area contributed by atoms with Gasteiger partial charge in [0.25, 0.3) is 0 Å². The van der Waals surface area contributed by atoms with Crippen LogP contribution < -0.4 is 21.5 Å². The van der Waals surface area contributed by atoms with Gasteiger partial charge in [-0.2, -0.15) is 10.1 Å². The number of piperidine rings is 1. The highest BCUT2D eigenvalue weighted by molar-refractivity contribution is 5.91. The van der Waals surface area contributed by atoms with Crippen molar-refractivity contribution in [1.29, 1.82) is 0 Å². The van der Waals surface area contributed by atoms with Crippen LogP contribution >= 0.6 is 0 Å². The van der Waals surface area contributed by atoms with E-state index in [0.29, 0.717) is 17.4 Å². The van der Waals surface area contributed by atoms with E-state index in [1.807, 2.05) is 13.2 Å². The summed E-state index contributed by atoms with van der Waals surface area (Å²) < 4.78 is 15.3. The molecule has 4 rings (SSSR count). The third-order valence-corrected chi connectivity index (χ3v) is 4.83. The lowest BCUT2D eigenvalue weighted by atomic mass is 9.97. The number of rotatable bonds is 4. The minimum Gasteiger partial charge on any atom is -0.368 e. The number of fused-ring (bicyclic) bond motifs is 1. The van der Waals surface area contributed by atoms with Gasteiger partial charge in [-0.1, -0.05) is 0 Å². The summed E-state index contributed by atoms with van der Waals surface area (Å²) in [6.07, 6.45) is 5.42. The van der Waals surface area contributed by atoms with Crippen LogP contribution in [-0.4, -0.2) is 38.7 Å². The van der Waals surface area contributed by atoms with Gasteiger partial charge in [0, 0.05) is 31.7 Å². The van der Waals surface area contributed by atoms with Crippen LogP contribution in [0.25, 0.3) is 10.9 Å². The Bertz CT molecular complexity index is 1020. The number of carbonyl (C=O) groups is 1. The van der Waals surface area contributed by atoms with Gasteiger partial charge >= 0.3 is 0 Å². The number of hydrogen-bond donors (Lipinski definition) is 3. The third-order valence-electron chi connectivity index (χ3n) is 4.83. The monoisotopic (exact) mass is 384 g/mol. The molecule has 2 aromatic heterocycles. The summed E-state index contributed by atoms with van der Waals surface area (Å²) in [7, 11) is 1.86. The summed E-state index contributed by atoms with van der Waals surface area (Å²) in [5.74, 6) is -0.472. The minimum absolute atomic E-state index is 0.0382. The highest BCUT2D eigenvalue weighted by Gasteiger charge is 2.26. The summed E-state index contributed by atoms with van der Waals surface area (Å²) in [5, 5.41) is 4.63. The Morgan fingerprint density at radius 1 is 1.36 bits per heavy atom. The van der Waals surface area contributed by atoms with Gasteiger partial charge in [0.05, 0.1) is 23.3 Å². The highest BCUT2D eigenvalue weighted by atomic mass is 19.1. The maximum Gasteiger partial charge on any atom is 0.243 e. The molecule has 146 valence electrons. The average Bonchev–Trinajstić information content (AvgIpc) is 3.13. The number of nitrogens with two attached hydrogens (primary N) is 1. The Labute approximate surface area is 160 Å². The van der Waals surface area contributed by atoms with Crippen LogP contribution in [0.2, 0.25) is 0 Å². The third kappa shape index (κ3) is 3.66. The van der Waals surface area contributed by atoms with Crippen LogP contribution in [0.1, 0.15) is 12.8 Å². The quantitative estimate of drug-likeness (QED) is 0.583. The molecule has 9 nitrogen and oxygen atoms in total. The molecule has 10 heteroatoms. The van der Waals surface area contributed by atoms with Crippen molar-refractivity contribution in [2.75, 3.05) is 29.1 Å². The van der Waals surface area contributed by atoms with Gasteiger partial charge < -0.3 is 10.6 Å². The summed E-state index contributed by atoms with van der Waals surface area (Å²) in [5.41, 5.74) is 12.7. The molecule has 1 aromatic carbocycles. The Morgan fingerprint density at radius 2 is 2.21 bits per heavy atom. The van der Waals surface area contributed by atoms with Crippen molar-refractivity contribution in [2.45, 2.75) is 12.8 Å². The molecule has 1 fully saturated rings. The molecule has 1 unspecified atom stereocenters. The molecule has 1 aliphatic heterocycles. The lowest BCUT2D eigenvalue weighted by Crippen LogP contribution is -2.44. The average molecular weight is 384 g/mol. The van der Waals surface area contributed by atoms with Gasteiger partial charge in [-0.3, -0.25) is 20.3 Å². The molecule has 1 amide bonds. The van der Waals surface area contributed by atoms with Crippen molar-refractivity contribution in [1.82, 2.24) is 25.2 Å². The van der Waals surface area contributed by atoms with Crippen LogP contribution in [0, 0.1) is 11.7 Å². The molecule has 0 saturated carbocycles. The molecule has 1 atom stereocenters. The predicted octanol–water partition coefficient (Wildman–Crippen LogP) is 1.44. The SMILES string of the molecule is Cn1cc(N2CCCC(C(=O)NNc3nc(N)nc4ccc(F)cc34)C2)cn1. The van der Waals surface area contributed by atoms with Crippen LogP contribution in [0.15, 0.2) is 30.6 Å². The number of hydrogen-bond acceptors (Lipinski definition) is 7. The Hall–Kier alpha value is -3.43. The van der Waals surface area contributed by atoms with Crippen LogP contribution in [0.3, 0.4) is 0 Å². The first-order valence-corrected chi connectivity index (χ1v) is 9.02. The first-order chi connectivity index (χ1) is 13.5. The number of aromatic nitrogens is 4. The van der Waals surface area contributed by atoms with Gasteiger partial charge in [0.15, 0.2) is 5.82 Å². The second-order valence-electron chi connectivity index (χ2n) is 6.86. The summed E-state index contributed by atoms with van der Waals surface area (Å²) in [6, 6.07) is 4.11. The van der Waals surface area contributed by atoms with E-state index in [2.05, 4.69) is 30.8 Å². The molecule has 1 saturated heterocycles. The molecule has 0 bridgehead atoms. The number of anilines is 3. The topological polar surface area (TPSA) is 114 Å². The lowest BCUT2D eigenvalue weighted by molar-refractivity contribution is -0.124. The number of amides is 1. The highest BCUT2D eigenvalue weighted by Crippen LogP contribution is 2.24. The second-order valence-corrected chi connectivity index (χ2v) is 6.86. The standard InChI is InChI=1S/C18H21FN8O/c1-26-10-13(8-21-26)27-6-2-3-11(9-27)17(28)25-24-16-14-7-12(19)4-5-15(14)22-18(20)23-16/h4-5,7-8,10-11H,2-3,6,9H2,1H3,(H,25,28)(H3,20,22,23,24). The Kier molecular flexibility index (Phi) is 4.68. The summed E-state index contributed by atoms with van der Waals surface area (Å²) in [6.45, 7) is 1.48. The van der Waals surface area contributed by atoms with Gasteiger partial charge in [-0.05, 0) is 31.0 Å².